The van der Waals surface area contributed by atoms with Crippen LogP contribution in [0, 0.1) is 0 Å². The molecular formula is C13H19N3O6S. The molecule has 0 aromatic heterocycles. The summed E-state index contributed by atoms with van der Waals surface area (Å²) >= 11 is 0. The first-order chi connectivity index (χ1) is 10.8. The van der Waals surface area contributed by atoms with Crippen LogP contribution in [0.1, 0.15) is 12.5 Å². The maximum Gasteiger partial charge on any atom is 0.408 e. The van der Waals surface area contributed by atoms with Crippen molar-refractivity contribution in [3.05, 3.63) is 35.9 Å². The lowest BCUT2D eigenvalue weighted by Crippen LogP contribution is -2.52. The number of carbonyl (C=O) groups is 2. The number of carbonyl (C=O) groups excluding carboxylic acids is 1. The van der Waals surface area contributed by atoms with Gasteiger partial charge in [0.05, 0.1) is 0 Å². The van der Waals surface area contributed by atoms with Gasteiger partial charge in [-0.05, 0) is 12.5 Å². The highest BCUT2D eigenvalue weighted by atomic mass is 32.2. The van der Waals surface area contributed by atoms with Crippen molar-refractivity contribution in [3.63, 3.8) is 0 Å². The summed E-state index contributed by atoms with van der Waals surface area (Å²) in [6, 6.07) is 7.37. The third-order valence-electron chi connectivity index (χ3n) is 2.84. The fourth-order valence-corrected chi connectivity index (χ4v) is 2.56. The average molecular weight is 345 g/mol. The zero-order chi connectivity index (χ0) is 17.5. The third kappa shape index (κ3) is 6.22. The Labute approximate surface area is 133 Å². The fourth-order valence-electron chi connectivity index (χ4n) is 1.51. The van der Waals surface area contributed by atoms with Crippen LogP contribution in [0.15, 0.2) is 30.3 Å². The van der Waals surface area contributed by atoms with Gasteiger partial charge in [0.25, 0.3) is 0 Å². The molecule has 1 aromatic rings. The quantitative estimate of drug-likeness (QED) is 0.500. The third-order valence-corrected chi connectivity index (χ3v) is 4.50. The maximum atomic E-state index is 11.9. The number of amides is 1. The van der Waals surface area contributed by atoms with Gasteiger partial charge in [-0.3, -0.25) is 4.79 Å². The molecule has 0 radical (unpaired) electrons. The molecule has 0 saturated heterocycles. The van der Waals surface area contributed by atoms with E-state index in [1.54, 1.807) is 30.3 Å². The SMILES string of the molecule is CC(NC(=O)OCc1ccccc1)S(=O)(=O)NC(CN)C(=O)O. The van der Waals surface area contributed by atoms with Crippen molar-refractivity contribution in [2.75, 3.05) is 6.54 Å². The number of hydrogen-bond acceptors (Lipinski definition) is 6. The molecule has 128 valence electrons. The number of nitrogens with two attached hydrogens (primary N) is 1. The van der Waals surface area contributed by atoms with Gasteiger partial charge >= 0.3 is 12.1 Å². The highest BCUT2D eigenvalue weighted by molar-refractivity contribution is 7.90. The van der Waals surface area contributed by atoms with E-state index in [2.05, 4.69) is 5.32 Å². The fraction of sp³-hybridized carbons (Fsp3) is 0.385. The molecule has 1 rings (SSSR count). The smallest absolute Gasteiger partial charge is 0.408 e. The zero-order valence-corrected chi connectivity index (χ0v) is 13.2. The molecule has 0 aliphatic rings. The summed E-state index contributed by atoms with van der Waals surface area (Å²) in [4.78, 5) is 22.4. The van der Waals surface area contributed by atoms with Gasteiger partial charge in [0, 0.05) is 6.54 Å². The van der Waals surface area contributed by atoms with E-state index in [1.807, 2.05) is 4.72 Å². The maximum absolute atomic E-state index is 11.9. The van der Waals surface area contributed by atoms with E-state index in [0.717, 1.165) is 5.56 Å². The number of benzene rings is 1. The van der Waals surface area contributed by atoms with Gasteiger partial charge in [0.2, 0.25) is 10.0 Å². The summed E-state index contributed by atoms with van der Waals surface area (Å²) in [5.41, 5.74) is 5.92. The summed E-state index contributed by atoms with van der Waals surface area (Å²) in [6.45, 7) is 0.745. The minimum atomic E-state index is -4.12. The summed E-state index contributed by atoms with van der Waals surface area (Å²) in [7, 11) is -4.12. The van der Waals surface area contributed by atoms with Crippen LogP contribution in [0.4, 0.5) is 4.79 Å². The molecule has 0 aliphatic carbocycles. The predicted octanol–water partition coefficient (Wildman–Crippen LogP) is -0.410. The lowest BCUT2D eigenvalue weighted by Gasteiger charge is -2.18. The van der Waals surface area contributed by atoms with Gasteiger partial charge in [0.15, 0.2) is 0 Å². The van der Waals surface area contributed by atoms with E-state index in [0.29, 0.717) is 0 Å². The normalized spacial score (nSPS) is 13.8. The molecule has 0 bridgehead atoms. The Kier molecular flexibility index (Phi) is 6.94. The number of carboxylic acids is 1. The Morgan fingerprint density at radius 1 is 1.30 bits per heavy atom. The first-order valence-electron chi connectivity index (χ1n) is 6.67. The first-order valence-corrected chi connectivity index (χ1v) is 8.22. The Bertz CT molecular complexity index is 634. The zero-order valence-electron chi connectivity index (χ0n) is 12.4. The Morgan fingerprint density at radius 3 is 2.43 bits per heavy atom. The topological polar surface area (TPSA) is 148 Å². The molecule has 0 aliphatic heterocycles. The summed E-state index contributed by atoms with van der Waals surface area (Å²) in [5, 5.41) is 9.52. The van der Waals surface area contributed by atoms with Crippen LogP contribution >= 0.6 is 0 Å². The number of aliphatic carboxylic acids is 1. The molecule has 2 unspecified atom stereocenters. The van der Waals surface area contributed by atoms with Gasteiger partial charge in [-0.1, -0.05) is 30.3 Å². The van der Waals surface area contributed by atoms with E-state index >= 15 is 0 Å². The van der Waals surface area contributed by atoms with E-state index in [-0.39, 0.29) is 6.61 Å². The second-order valence-corrected chi connectivity index (χ2v) is 6.67. The summed E-state index contributed by atoms with van der Waals surface area (Å²) in [6.07, 6.45) is -0.939. The molecule has 5 N–H and O–H groups in total. The Morgan fingerprint density at radius 2 is 1.91 bits per heavy atom. The molecule has 1 amide bonds. The molecule has 0 fully saturated rings. The van der Waals surface area contributed by atoms with Crippen LogP contribution in [0.2, 0.25) is 0 Å². The van der Waals surface area contributed by atoms with Crippen LogP contribution in [0.25, 0.3) is 0 Å². The number of nitrogens with one attached hydrogen (secondary N) is 2. The summed E-state index contributed by atoms with van der Waals surface area (Å²) < 4.78 is 30.6. The number of hydrogen-bond donors (Lipinski definition) is 4. The van der Waals surface area contributed by atoms with E-state index < -0.39 is 40.0 Å². The number of carboxylic acid groups (broad SMARTS) is 1. The van der Waals surface area contributed by atoms with Crippen LogP contribution in [0.3, 0.4) is 0 Å². The number of ether oxygens (including phenoxy) is 1. The molecule has 1 aromatic carbocycles. The molecule has 9 nitrogen and oxygen atoms in total. The van der Waals surface area contributed by atoms with Crippen molar-refractivity contribution < 1.29 is 27.9 Å². The molecule has 2 atom stereocenters. The minimum absolute atomic E-state index is 0.0204. The van der Waals surface area contributed by atoms with Crippen LogP contribution in [-0.2, 0) is 26.2 Å². The molecule has 23 heavy (non-hydrogen) atoms. The van der Waals surface area contributed by atoms with Crippen molar-refractivity contribution in [2.24, 2.45) is 5.73 Å². The van der Waals surface area contributed by atoms with Crippen LogP contribution in [-0.4, -0.2) is 43.5 Å². The van der Waals surface area contributed by atoms with Crippen LogP contribution < -0.4 is 15.8 Å². The highest BCUT2D eigenvalue weighted by Crippen LogP contribution is 2.02. The lowest BCUT2D eigenvalue weighted by molar-refractivity contribution is -0.138. The molecule has 0 heterocycles. The monoisotopic (exact) mass is 345 g/mol. The van der Waals surface area contributed by atoms with E-state index in [4.69, 9.17) is 15.6 Å². The molecular weight excluding hydrogens is 326 g/mol. The largest absolute Gasteiger partial charge is 0.480 e. The average Bonchev–Trinajstić information content (AvgIpc) is 2.51. The van der Waals surface area contributed by atoms with Crippen molar-refractivity contribution >= 4 is 22.1 Å². The van der Waals surface area contributed by atoms with Crippen molar-refractivity contribution in [2.45, 2.75) is 24.9 Å². The molecule has 0 saturated carbocycles. The number of rotatable bonds is 8. The second kappa shape index (κ2) is 8.46. The number of alkyl carbamates (subject to hydrolysis) is 1. The van der Waals surface area contributed by atoms with Gasteiger partial charge in [0.1, 0.15) is 18.0 Å². The van der Waals surface area contributed by atoms with Crippen molar-refractivity contribution in [1.82, 2.24) is 10.0 Å². The predicted molar refractivity (Wildman–Crippen MR) is 81.8 cm³/mol. The lowest BCUT2D eigenvalue weighted by atomic mass is 10.2. The van der Waals surface area contributed by atoms with Crippen molar-refractivity contribution in [3.8, 4) is 0 Å². The highest BCUT2D eigenvalue weighted by Gasteiger charge is 2.28. The summed E-state index contributed by atoms with van der Waals surface area (Å²) in [5.74, 6) is -1.41. The van der Waals surface area contributed by atoms with Gasteiger partial charge in [-0.2, -0.15) is 4.72 Å². The molecule has 0 spiro atoms. The standard InChI is InChI=1S/C13H19N3O6S/c1-9(23(20,21)16-11(7-14)12(17)18)15-13(19)22-8-10-5-3-2-4-6-10/h2-6,9,11,16H,7-8,14H2,1H3,(H,15,19)(H,17,18). The van der Waals surface area contributed by atoms with Gasteiger partial charge < -0.3 is 20.9 Å². The van der Waals surface area contributed by atoms with E-state index in [9.17, 15) is 18.0 Å². The molecule has 10 heteroatoms. The first kappa shape index (κ1) is 18.9. The van der Waals surface area contributed by atoms with Crippen LogP contribution in [0.5, 0.6) is 0 Å². The Balaban J connectivity index is 2.54. The minimum Gasteiger partial charge on any atom is -0.480 e. The van der Waals surface area contributed by atoms with Gasteiger partial charge in [-0.25, -0.2) is 13.2 Å². The van der Waals surface area contributed by atoms with Crippen molar-refractivity contribution in [1.29, 1.82) is 0 Å². The van der Waals surface area contributed by atoms with Gasteiger partial charge in [-0.15, -0.1) is 0 Å². The second-order valence-electron chi connectivity index (χ2n) is 4.64. The Hall–Kier alpha value is -2.17. The number of sulfonamides is 1. The van der Waals surface area contributed by atoms with E-state index in [1.165, 1.54) is 6.92 Å².